The molecule has 6 heteroatoms. The number of nitrogen functional groups attached to an aromatic ring is 1. The molecule has 0 aliphatic heterocycles. The Balaban J connectivity index is 2.05. The number of nitrogens with two attached hydrogens (primary N) is 1. The Hall–Kier alpha value is -2.08. The van der Waals surface area contributed by atoms with Gasteiger partial charge < -0.3 is 11.1 Å². The summed E-state index contributed by atoms with van der Waals surface area (Å²) in [5, 5.41) is 10.9. The number of hydrogen-bond acceptors (Lipinski definition) is 5. The van der Waals surface area contributed by atoms with E-state index in [-0.39, 0.29) is 0 Å². The molecule has 0 saturated heterocycles. The second-order valence-electron chi connectivity index (χ2n) is 3.80. The zero-order valence-corrected chi connectivity index (χ0v) is 10.8. The first-order valence-corrected chi connectivity index (χ1v) is 6.07. The summed E-state index contributed by atoms with van der Waals surface area (Å²) in [6.07, 6.45) is 0. The van der Waals surface area contributed by atoms with Crippen molar-refractivity contribution < 1.29 is 4.63 Å². The van der Waals surface area contributed by atoms with Gasteiger partial charge in [-0.2, -0.15) is 0 Å². The van der Waals surface area contributed by atoms with Crippen LogP contribution < -0.4 is 11.1 Å². The van der Waals surface area contributed by atoms with E-state index in [2.05, 4.69) is 31.6 Å². The first-order chi connectivity index (χ1) is 8.74. The van der Waals surface area contributed by atoms with Crippen molar-refractivity contribution in [3.63, 3.8) is 0 Å². The molecule has 0 aliphatic rings. The Morgan fingerprint density at radius 1 is 1.11 bits per heavy atom. The quantitative estimate of drug-likeness (QED) is 0.710. The molecule has 3 aromatic rings. The lowest BCUT2D eigenvalue weighted by atomic mass is 10.2. The molecule has 0 fully saturated rings. The molecule has 0 spiro atoms. The van der Waals surface area contributed by atoms with E-state index in [4.69, 9.17) is 10.4 Å². The van der Waals surface area contributed by atoms with E-state index in [0.29, 0.717) is 16.7 Å². The highest BCUT2D eigenvalue weighted by atomic mass is 79.9. The molecule has 3 rings (SSSR count). The number of anilines is 3. The largest absolute Gasteiger partial charge is 0.397 e. The molecule has 1 heterocycles. The summed E-state index contributed by atoms with van der Waals surface area (Å²) in [5.74, 6) is 0. The molecule has 5 nitrogen and oxygen atoms in total. The van der Waals surface area contributed by atoms with Crippen LogP contribution in [-0.2, 0) is 0 Å². The van der Waals surface area contributed by atoms with Crippen molar-refractivity contribution in [2.75, 3.05) is 11.1 Å². The molecule has 0 bridgehead atoms. The van der Waals surface area contributed by atoms with Crippen molar-refractivity contribution in [1.29, 1.82) is 0 Å². The van der Waals surface area contributed by atoms with Gasteiger partial charge in [0, 0.05) is 10.2 Å². The van der Waals surface area contributed by atoms with Gasteiger partial charge in [-0.05, 0) is 40.6 Å². The van der Waals surface area contributed by atoms with Gasteiger partial charge in [0.05, 0.1) is 11.4 Å². The molecule has 18 heavy (non-hydrogen) atoms. The standard InChI is InChI=1S/C12H9BrN4O/c13-7-2-1-3-8(6-7)15-10-5-4-9(14)11-12(10)17-18-16-11/h1-6,15H,14H2. The van der Waals surface area contributed by atoms with Crippen molar-refractivity contribution in [1.82, 2.24) is 10.3 Å². The lowest BCUT2D eigenvalue weighted by Crippen LogP contribution is -1.93. The van der Waals surface area contributed by atoms with Gasteiger partial charge in [-0.1, -0.05) is 22.0 Å². The first kappa shape index (κ1) is 11.0. The Morgan fingerprint density at radius 2 is 1.94 bits per heavy atom. The topological polar surface area (TPSA) is 77.0 Å². The fourth-order valence-electron chi connectivity index (χ4n) is 1.71. The minimum absolute atomic E-state index is 0.547. The summed E-state index contributed by atoms with van der Waals surface area (Å²) < 4.78 is 5.72. The third-order valence-electron chi connectivity index (χ3n) is 2.55. The van der Waals surface area contributed by atoms with Crippen LogP contribution in [0.5, 0.6) is 0 Å². The number of aromatic nitrogens is 2. The lowest BCUT2D eigenvalue weighted by molar-refractivity contribution is 0.316. The Morgan fingerprint density at radius 3 is 2.78 bits per heavy atom. The second-order valence-corrected chi connectivity index (χ2v) is 4.71. The summed E-state index contributed by atoms with van der Waals surface area (Å²) in [4.78, 5) is 0. The number of nitrogens with one attached hydrogen (secondary N) is 1. The van der Waals surface area contributed by atoms with Crippen LogP contribution in [0.25, 0.3) is 11.0 Å². The highest BCUT2D eigenvalue weighted by Crippen LogP contribution is 2.28. The predicted molar refractivity (Wildman–Crippen MR) is 73.6 cm³/mol. The van der Waals surface area contributed by atoms with Gasteiger partial charge in [0.15, 0.2) is 11.0 Å². The number of nitrogens with zero attached hydrogens (tertiary/aromatic N) is 2. The van der Waals surface area contributed by atoms with Crippen molar-refractivity contribution in [3.05, 3.63) is 40.9 Å². The number of rotatable bonds is 2. The van der Waals surface area contributed by atoms with Crippen LogP contribution in [0.4, 0.5) is 17.1 Å². The number of halogens is 1. The van der Waals surface area contributed by atoms with Crippen molar-refractivity contribution in [3.8, 4) is 0 Å². The Kier molecular flexibility index (Phi) is 2.64. The average molecular weight is 305 g/mol. The number of fused-ring (bicyclic) bond motifs is 1. The molecule has 1 aromatic heterocycles. The summed E-state index contributed by atoms with van der Waals surface area (Å²) in [5.41, 5.74) is 9.27. The summed E-state index contributed by atoms with van der Waals surface area (Å²) in [6, 6.07) is 11.5. The van der Waals surface area contributed by atoms with Gasteiger partial charge in [0.1, 0.15) is 0 Å². The molecular weight excluding hydrogens is 296 g/mol. The molecular formula is C12H9BrN4O. The van der Waals surface area contributed by atoms with Crippen LogP contribution >= 0.6 is 15.9 Å². The zero-order chi connectivity index (χ0) is 12.5. The van der Waals surface area contributed by atoms with Gasteiger partial charge in [-0.25, -0.2) is 4.63 Å². The zero-order valence-electron chi connectivity index (χ0n) is 9.22. The fraction of sp³-hybridized carbons (Fsp3) is 0. The fourth-order valence-corrected chi connectivity index (χ4v) is 2.11. The minimum atomic E-state index is 0.547. The number of hydrogen-bond donors (Lipinski definition) is 2. The minimum Gasteiger partial charge on any atom is -0.397 e. The van der Waals surface area contributed by atoms with E-state index in [1.165, 1.54) is 0 Å². The van der Waals surface area contributed by atoms with Gasteiger partial charge in [0.25, 0.3) is 0 Å². The molecule has 90 valence electrons. The number of benzene rings is 2. The van der Waals surface area contributed by atoms with E-state index in [0.717, 1.165) is 15.8 Å². The highest BCUT2D eigenvalue weighted by Gasteiger charge is 2.10. The van der Waals surface area contributed by atoms with Crippen LogP contribution in [0.1, 0.15) is 0 Å². The Labute approximate surface area is 111 Å². The van der Waals surface area contributed by atoms with Crippen LogP contribution in [0.3, 0.4) is 0 Å². The van der Waals surface area contributed by atoms with Gasteiger partial charge in [-0.15, -0.1) is 0 Å². The second kappa shape index (κ2) is 4.30. The SMILES string of the molecule is Nc1ccc(Nc2cccc(Br)c2)c2nonc12. The van der Waals surface area contributed by atoms with E-state index < -0.39 is 0 Å². The molecule has 0 aliphatic carbocycles. The Bertz CT molecular complexity index is 710. The van der Waals surface area contributed by atoms with Crippen LogP contribution in [0.2, 0.25) is 0 Å². The molecule has 0 unspecified atom stereocenters. The van der Waals surface area contributed by atoms with Crippen molar-refractivity contribution in [2.24, 2.45) is 0 Å². The normalized spacial score (nSPS) is 10.7. The van der Waals surface area contributed by atoms with Gasteiger partial charge in [0.2, 0.25) is 0 Å². The van der Waals surface area contributed by atoms with Crippen molar-refractivity contribution in [2.45, 2.75) is 0 Å². The molecule has 0 saturated carbocycles. The third kappa shape index (κ3) is 1.91. The molecule has 2 aromatic carbocycles. The maximum Gasteiger partial charge on any atom is 0.160 e. The van der Waals surface area contributed by atoms with E-state index in [1.54, 1.807) is 6.07 Å². The summed E-state index contributed by atoms with van der Waals surface area (Å²) in [7, 11) is 0. The van der Waals surface area contributed by atoms with Crippen LogP contribution in [-0.4, -0.2) is 10.3 Å². The lowest BCUT2D eigenvalue weighted by Gasteiger charge is -2.07. The summed E-state index contributed by atoms with van der Waals surface area (Å²) >= 11 is 3.42. The monoisotopic (exact) mass is 304 g/mol. The van der Waals surface area contributed by atoms with Crippen molar-refractivity contribution >= 4 is 44.0 Å². The highest BCUT2D eigenvalue weighted by molar-refractivity contribution is 9.10. The first-order valence-electron chi connectivity index (χ1n) is 5.27. The average Bonchev–Trinajstić information content (AvgIpc) is 2.83. The maximum absolute atomic E-state index is 5.79. The van der Waals surface area contributed by atoms with Crippen LogP contribution in [0, 0.1) is 0 Å². The van der Waals surface area contributed by atoms with E-state index >= 15 is 0 Å². The maximum atomic E-state index is 5.79. The van der Waals surface area contributed by atoms with Gasteiger partial charge >= 0.3 is 0 Å². The molecule has 0 amide bonds. The smallest absolute Gasteiger partial charge is 0.160 e. The summed E-state index contributed by atoms with van der Waals surface area (Å²) in [6.45, 7) is 0. The van der Waals surface area contributed by atoms with E-state index in [1.807, 2.05) is 30.3 Å². The third-order valence-corrected chi connectivity index (χ3v) is 3.04. The molecule has 0 atom stereocenters. The van der Waals surface area contributed by atoms with E-state index in [9.17, 15) is 0 Å². The van der Waals surface area contributed by atoms with Gasteiger partial charge in [-0.3, -0.25) is 0 Å². The molecule has 0 radical (unpaired) electrons. The predicted octanol–water partition coefficient (Wildman–Crippen LogP) is 3.31. The van der Waals surface area contributed by atoms with Crippen LogP contribution in [0.15, 0.2) is 45.5 Å². The molecule has 3 N–H and O–H groups in total.